The number of hydrogen-bond donors (Lipinski definition) is 0. The van der Waals surface area contributed by atoms with Gasteiger partial charge in [0.25, 0.3) is 10.5 Å². The summed E-state index contributed by atoms with van der Waals surface area (Å²) in [6.45, 7) is 0. The molecule has 0 atom stereocenters. The highest BCUT2D eigenvalue weighted by atomic mass is 35.5. The molecular weight excluding hydrogens is 674 g/mol. The van der Waals surface area contributed by atoms with E-state index < -0.39 is 86.7 Å². The zero-order chi connectivity index (χ0) is 32.9. The number of ether oxygens (including phenoxy) is 2. The van der Waals surface area contributed by atoms with Crippen LogP contribution in [0.1, 0.15) is 20.7 Å². The molecule has 23 heteroatoms. The third-order valence-electron chi connectivity index (χ3n) is 4.67. The summed E-state index contributed by atoms with van der Waals surface area (Å²) < 4.78 is 235. The summed E-state index contributed by atoms with van der Waals surface area (Å²) in [5.74, 6) is -58.2. The average molecular weight is 679 g/mol. The molecule has 0 spiro atoms. The second kappa shape index (κ2) is 10.8. The summed E-state index contributed by atoms with van der Waals surface area (Å²) in [5, 5.41) is -3.25. The van der Waals surface area contributed by atoms with E-state index in [2.05, 4.69) is 9.47 Å². The van der Waals surface area contributed by atoms with Crippen molar-refractivity contribution >= 4 is 33.7 Å². The maximum atomic E-state index is 14.1. The zero-order valence-electron chi connectivity index (χ0n) is 18.5. The van der Waals surface area contributed by atoms with E-state index in [1.54, 1.807) is 0 Å². The van der Waals surface area contributed by atoms with Crippen LogP contribution in [0.4, 0.5) is 74.6 Å². The van der Waals surface area contributed by atoms with E-state index in [0.717, 1.165) is 0 Å². The SMILES string of the molecule is COc1c(OC(F)=C(F)C(F)(F)C(F)(F)C(F)(F)C(F)(F)C(F)(F)C(F)(F)C(F)(F)F)cc(C(=O)Cl)cc1C(=O)Cl. The second-order valence-corrected chi connectivity index (χ2v) is 7.92. The van der Waals surface area contributed by atoms with Crippen molar-refractivity contribution in [3.8, 4) is 11.5 Å². The Balaban J connectivity index is 3.80. The summed E-state index contributed by atoms with van der Waals surface area (Å²) in [6.07, 6.45) is -7.86. The van der Waals surface area contributed by atoms with Gasteiger partial charge in [0.15, 0.2) is 11.5 Å². The molecule has 1 aromatic rings. The van der Waals surface area contributed by atoms with Gasteiger partial charge in [-0.2, -0.15) is 74.6 Å². The number of benzene rings is 1. The number of hydrogen-bond acceptors (Lipinski definition) is 4. The fourth-order valence-electron chi connectivity index (χ4n) is 2.52. The number of alkyl halides is 15. The van der Waals surface area contributed by atoms with Gasteiger partial charge in [-0.1, -0.05) is 0 Å². The molecule has 0 saturated heterocycles. The Morgan fingerprint density at radius 3 is 1.44 bits per heavy atom. The van der Waals surface area contributed by atoms with Crippen LogP contribution in [0.15, 0.2) is 24.0 Å². The summed E-state index contributed by atoms with van der Waals surface area (Å²) in [4.78, 5) is 22.7. The van der Waals surface area contributed by atoms with Crippen molar-refractivity contribution in [2.75, 3.05) is 7.11 Å². The van der Waals surface area contributed by atoms with Crippen LogP contribution in [-0.2, 0) is 0 Å². The second-order valence-electron chi connectivity index (χ2n) is 7.24. The van der Waals surface area contributed by atoms with Crippen molar-refractivity contribution in [1.29, 1.82) is 0 Å². The topological polar surface area (TPSA) is 52.6 Å². The van der Waals surface area contributed by atoms with E-state index in [1.807, 2.05) is 0 Å². The summed E-state index contributed by atoms with van der Waals surface area (Å²) >= 11 is 10.1. The first kappa shape index (κ1) is 36.3. The van der Waals surface area contributed by atoms with E-state index in [0.29, 0.717) is 13.2 Å². The van der Waals surface area contributed by atoms with Crippen LogP contribution in [0, 0.1) is 0 Å². The van der Waals surface area contributed by atoms with Crippen LogP contribution in [-0.4, -0.2) is 59.3 Å². The fourth-order valence-corrected chi connectivity index (χ4v) is 2.77. The van der Waals surface area contributed by atoms with Crippen molar-refractivity contribution in [1.82, 2.24) is 0 Å². The van der Waals surface area contributed by atoms with E-state index >= 15 is 0 Å². The van der Waals surface area contributed by atoms with Gasteiger partial charge in [0.2, 0.25) is 5.83 Å². The molecule has 41 heavy (non-hydrogen) atoms. The summed E-state index contributed by atoms with van der Waals surface area (Å²) in [7, 11) is 0.550. The molecule has 0 fully saturated rings. The highest BCUT2D eigenvalue weighted by molar-refractivity contribution is 6.69. The first-order valence-electron chi connectivity index (χ1n) is 9.17. The number of allylic oxidation sites excluding steroid dienone is 1. The number of halogens is 19. The molecule has 1 rings (SSSR count). The van der Waals surface area contributed by atoms with E-state index in [4.69, 9.17) is 23.2 Å². The molecule has 0 unspecified atom stereocenters. The molecule has 0 saturated carbocycles. The highest BCUT2D eigenvalue weighted by Crippen LogP contribution is 2.63. The van der Waals surface area contributed by atoms with Gasteiger partial charge in [-0.25, -0.2) is 0 Å². The fraction of sp³-hybridized carbons (Fsp3) is 0.444. The molecule has 234 valence electrons. The van der Waals surface area contributed by atoms with Gasteiger partial charge in [0, 0.05) is 5.56 Å². The van der Waals surface area contributed by atoms with Crippen molar-refractivity contribution in [2.45, 2.75) is 41.7 Å². The van der Waals surface area contributed by atoms with Gasteiger partial charge >= 0.3 is 47.7 Å². The minimum absolute atomic E-state index is 0.0865. The monoisotopic (exact) mass is 678 g/mol. The molecule has 1 aromatic carbocycles. The van der Waals surface area contributed by atoms with Crippen molar-refractivity contribution < 1.29 is 93.7 Å². The molecule has 0 heterocycles. The molecule has 4 nitrogen and oxygen atoms in total. The van der Waals surface area contributed by atoms with Crippen LogP contribution in [0.2, 0.25) is 0 Å². The van der Waals surface area contributed by atoms with Gasteiger partial charge in [-0.15, -0.1) is 0 Å². The molecule has 0 aliphatic heterocycles. The lowest BCUT2D eigenvalue weighted by molar-refractivity contribution is -0.451. The van der Waals surface area contributed by atoms with Crippen LogP contribution in [0.3, 0.4) is 0 Å². The van der Waals surface area contributed by atoms with Crippen molar-refractivity contribution in [2.24, 2.45) is 0 Å². The van der Waals surface area contributed by atoms with Crippen LogP contribution >= 0.6 is 23.2 Å². The first-order chi connectivity index (χ1) is 18.0. The zero-order valence-corrected chi connectivity index (χ0v) is 20.0. The molecule has 0 aliphatic rings. The average Bonchev–Trinajstić information content (AvgIpc) is 2.81. The Bertz CT molecular complexity index is 1240. The Morgan fingerprint density at radius 1 is 0.659 bits per heavy atom. The summed E-state index contributed by atoms with van der Waals surface area (Å²) in [5.41, 5.74) is -2.06. The normalized spacial score (nSPS) is 14.9. The lowest BCUT2D eigenvalue weighted by atomic mass is 9.91. The van der Waals surface area contributed by atoms with Crippen LogP contribution in [0.25, 0.3) is 0 Å². The number of rotatable bonds is 11. The lowest BCUT2D eigenvalue weighted by Gasteiger charge is -2.41. The van der Waals surface area contributed by atoms with Crippen LogP contribution in [0.5, 0.6) is 11.5 Å². The molecular formula is C18H5Cl2F17O4. The molecule has 0 N–H and O–H groups in total. The first-order valence-corrected chi connectivity index (χ1v) is 9.93. The molecule has 0 radical (unpaired) electrons. The maximum Gasteiger partial charge on any atom is 0.460 e. The van der Waals surface area contributed by atoms with Crippen molar-refractivity contribution in [3.05, 3.63) is 35.1 Å². The third kappa shape index (κ3) is 5.57. The maximum absolute atomic E-state index is 14.1. The largest absolute Gasteiger partial charge is 0.492 e. The molecule has 0 bridgehead atoms. The lowest BCUT2D eigenvalue weighted by Crippen LogP contribution is -2.72. The van der Waals surface area contributed by atoms with Crippen molar-refractivity contribution in [3.63, 3.8) is 0 Å². The Hall–Kier alpha value is -2.71. The minimum Gasteiger partial charge on any atom is -0.492 e. The predicted octanol–water partition coefficient (Wildman–Crippen LogP) is 8.31. The Labute approximate surface area is 223 Å². The Morgan fingerprint density at radius 2 is 1.07 bits per heavy atom. The van der Waals surface area contributed by atoms with Gasteiger partial charge in [0.1, 0.15) is 0 Å². The molecule has 0 aromatic heterocycles. The van der Waals surface area contributed by atoms with Crippen LogP contribution < -0.4 is 9.47 Å². The van der Waals surface area contributed by atoms with E-state index in [1.165, 1.54) is 0 Å². The Kier molecular flexibility index (Phi) is 9.61. The summed E-state index contributed by atoms with van der Waals surface area (Å²) in [6, 6.07) is -3.31. The standard InChI is InChI=1S/C18H5Cl2F17O4/c1-40-7-5(10(20)39)2-4(9(19)38)3-6(7)41-11(22)8(21)12(23,24)13(25,26)14(27,28)15(29,30)16(31,32)17(33,34)18(35,36)37/h2-3H,1H3. The number of methoxy groups -OCH3 is 1. The molecule has 0 aliphatic carbocycles. The molecule has 0 amide bonds. The quantitative estimate of drug-likeness (QED) is 0.134. The van der Waals surface area contributed by atoms with Gasteiger partial charge < -0.3 is 9.47 Å². The number of carbonyl (C=O) groups excluding carboxylic acids is 2. The highest BCUT2D eigenvalue weighted by Gasteiger charge is 2.93. The third-order valence-corrected chi connectivity index (χ3v) is 5.10. The smallest absolute Gasteiger partial charge is 0.460 e. The van der Waals surface area contributed by atoms with Gasteiger partial charge in [-0.3, -0.25) is 9.59 Å². The van der Waals surface area contributed by atoms with E-state index in [-0.39, 0.29) is 6.07 Å². The van der Waals surface area contributed by atoms with E-state index in [9.17, 15) is 84.2 Å². The predicted molar refractivity (Wildman–Crippen MR) is 99.0 cm³/mol. The van der Waals surface area contributed by atoms with Gasteiger partial charge in [0.05, 0.1) is 12.7 Å². The van der Waals surface area contributed by atoms with Gasteiger partial charge in [-0.05, 0) is 35.3 Å². The number of carbonyl (C=O) groups is 2. The minimum atomic E-state index is -8.75.